The van der Waals surface area contributed by atoms with Crippen LogP contribution in [0.4, 0.5) is 0 Å². The van der Waals surface area contributed by atoms with Crippen molar-refractivity contribution in [3.63, 3.8) is 0 Å². The highest BCUT2D eigenvalue weighted by Crippen LogP contribution is 2.14. The van der Waals surface area contributed by atoms with Crippen LogP contribution in [-0.4, -0.2) is 76.6 Å². The number of hydrogen-bond donors (Lipinski definition) is 2. The van der Waals surface area contributed by atoms with Crippen LogP contribution in [0.1, 0.15) is 38.7 Å². The summed E-state index contributed by atoms with van der Waals surface area (Å²) in [7, 11) is 1.83. The molecule has 31 heavy (non-hydrogen) atoms. The molecule has 0 amide bonds. The van der Waals surface area contributed by atoms with Gasteiger partial charge in [-0.2, -0.15) is 0 Å². The molecule has 1 aromatic rings. The van der Waals surface area contributed by atoms with Gasteiger partial charge < -0.3 is 20.1 Å². The first-order valence-corrected chi connectivity index (χ1v) is 11.6. The maximum atomic E-state index is 5.85. The molecule has 0 aliphatic carbocycles. The van der Waals surface area contributed by atoms with Gasteiger partial charge in [-0.25, -0.2) is 0 Å². The van der Waals surface area contributed by atoms with Crippen LogP contribution in [0.25, 0.3) is 0 Å². The molecule has 0 aromatic heterocycles. The Morgan fingerprint density at radius 1 is 1.16 bits per heavy atom. The zero-order valence-corrected chi connectivity index (χ0v) is 22.0. The van der Waals surface area contributed by atoms with Gasteiger partial charge in [0.1, 0.15) is 0 Å². The Morgan fingerprint density at radius 2 is 1.87 bits per heavy atom. The third-order valence-electron chi connectivity index (χ3n) is 5.82. The second kappa shape index (κ2) is 17.6. The molecule has 6 nitrogen and oxygen atoms in total. The smallest absolute Gasteiger partial charge is 0.191 e. The number of halogens is 1. The molecule has 0 spiro atoms. The molecule has 1 fully saturated rings. The summed E-state index contributed by atoms with van der Waals surface area (Å²) in [5, 5.41) is 6.95. The third kappa shape index (κ3) is 11.5. The molecular formula is C24H43IN4O2. The van der Waals surface area contributed by atoms with Crippen LogP contribution in [0.5, 0.6) is 0 Å². The van der Waals surface area contributed by atoms with Gasteiger partial charge in [0.25, 0.3) is 0 Å². The summed E-state index contributed by atoms with van der Waals surface area (Å²) < 4.78 is 11.2. The lowest BCUT2D eigenvalue weighted by molar-refractivity contribution is 0.0203. The normalized spacial score (nSPS) is 16.1. The Labute approximate surface area is 206 Å². The first-order valence-electron chi connectivity index (χ1n) is 11.6. The minimum Gasteiger partial charge on any atom is -0.381 e. The number of hydrogen-bond acceptors (Lipinski definition) is 4. The minimum atomic E-state index is 0. The lowest BCUT2D eigenvalue weighted by Gasteiger charge is -2.30. The van der Waals surface area contributed by atoms with E-state index in [9.17, 15) is 0 Å². The molecule has 1 unspecified atom stereocenters. The Hall–Kier alpha value is -0.900. The summed E-state index contributed by atoms with van der Waals surface area (Å²) in [4.78, 5) is 6.90. The summed E-state index contributed by atoms with van der Waals surface area (Å²) in [5.74, 6) is 1.53. The van der Waals surface area contributed by atoms with Gasteiger partial charge in [-0.3, -0.25) is 9.89 Å². The molecule has 1 aromatic carbocycles. The SMILES string of the molecule is CCN(CC)C(CNC(=NC)NCCCOCC1CCOCC1)Cc1ccccc1.I. The fraction of sp³-hybridized carbons (Fsp3) is 0.708. The number of ether oxygens (including phenoxy) is 2. The number of likely N-dealkylation sites (N-methyl/N-ethyl adjacent to an activating group) is 1. The Kier molecular flexibility index (Phi) is 16.0. The van der Waals surface area contributed by atoms with E-state index in [1.54, 1.807) is 0 Å². The van der Waals surface area contributed by atoms with Crippen molar-refractivity contribution in [1.29, 1.82) is 0 Å². The van der Waals surface area contributed by atoms with Gasteiger partial charge in [0.15, 0.2) is 5.96 Å². The second-order valence-corrected chi connectivity index (χ2v) is 7.93. The van der Waals surface area contributed by atoms with E-state index < -0.39 is 0 Å². The van der Waals surface area contributed by atoms with E-state index in [2.05, 4.69) is 64.7 Å². The van der Waals surface area contributed by atoms with Crippen molar-refractivity contribution in [2.75, 3.05) is 59.7 Å². The van der Waals surface area contributed by atoms with Gasteiger partial charge in [-0.05, 0) is 50.3 Å². The fourth-order valence-corrected chi connectivity index (χ4v) is 3.94. The average molecular weight is 547 g/mol. The van der Waals surface area contributed by atoms with E-state index >= 15 is 0 Å². The molecule has 1 aliphatic heterocycles. The first kappa shape index (κ1) is 28.1. The molecule has 1 atom stereocenters. The van der Waals surface area contributed by atoms with Gasteiger partial charge in [-0.1, -0.05) is 44.2 Å². The van der Waals surface area contributed by atoms with Crippen LogP contribution in [0.2, 0.25) is 0 Å². The first-order chi connectivity index (χ1) is 14.8. The molecular weight excluding hydrogens is 503 g/mol. The monoisotopic (exact) mass is 546 g/mol. The van der Waals surface area contributed by atoms with E-state index in [4.69, 9.17) is 9.47 Å². The van der Waals surface area contributed by atoms with Crippen LogP contribution < -0.4 is 10.6 Å². The number of nitrogens with zero attached hydrogens (tertiary/aromatic N) is 2. The second-order valence-electron chi connectivity index (χ2n) is 7.93. The van der Waals surface area contributed by atoms with Crippen molar-refractivity contribution in [3.05, 3.63) is 35.9 Å². The summed E-state index contributed by atoms with van der Waals surface area (Å²) in [6.45, 7) is 11.7. The van der Waals surface area contributed by atoms with Crippen LogP contribution in [0, 0.1) is 5.92 Å². The molecule has 1 heterocycles. The zero-order valence-electron chi connectivity index (χ0n) is 19.6. The van der Waals surface area contributed by atoms with E-state index in [0.717, 1.165) is 84.2 Å². The van der Waals surface area contributed by atoms with Crippen molar-refractivity contribution in [2.45, 2.75) is 45.6 Å². The highest BCUT2D eigenvalue weighted by Gasteiger charge is 2.17. The molecule has 7 heteroatoms. The summed E-state index contributed by atoms with van der Waals surface area (Å²) in [6.07, 6.45) is 4.27. The van der Waals surface area contributed by atoms with E-state index in [1.165, 1.54) is 5.56 Å². The number of benzene rings is 1. The van der Waals surface area contributed by atoms with Crippen LogP contribution in [0.3, 0.4) is 0 Å². The highest BCUT2D eigenvalue weighted by atomic mass is 127. The molecule has 2 N–H and O–H groups in total. The van der Waals surface area contributed by atoms with Crippen LogP contribution in [0.15, 0.2) is 35.3 Å². The molecule has 1 saturated heterocycles. The number of nitrogens with one attached hydrogen (secondary N) is 2. The molecule has 0 bridgehead atoms. The zero-order chi connectivity index (χ0) is 21.4. The quantitative estimate of drug-likeness (QED) is 0.172. The highest BCUT2D eigenvalue weighted by molar-refractivity contribution is 14.0. The molecule has 0 radical (unpaired) electrons. The molecule has 2 rings (SSSR count). The largest absolute Gasteiger partial charge is 0.381 e. The summed E-state index contributed by atoms with van der Waals surface area (Å²) in [5.41, 5.74) is 1.38. The van der Waals surface area contributed by atoms with Crippen molar-refractivity contribution < 1.29 is 9.47 Å². The average Bonchev–Trinajstić information content (AvgIpc) is 2.80. The van der Waals surface area contributed by atoms with Crippen molar-refractivity contribution in [1.82, 2.24) is 15.5 Å². The van der Waals surface area contributed by atoms with Gasteiger partial charge in [0, 0.05) is 52.6 Å². The number of guanidine groups is 1. The number of aliphatic imine (C=N–C) groups is 1. The topological polar surface area (TPSA) is 58.1 Å². The summed E-state index contributed by atoms with van der Waals surface area (Å²) in [6, 6.07) is 11.2. The molecule has 178 valence electrons. The van der Waals surface area contributed by atoms with Crippen LogP contribution in [-0.2, 0) is 15.9 Å². The Bertz CT molecular complexity index is 578. The third-order valence-corrected chi connectivity index (χ3v) is 5.82. The number of rotatable bonds is 13. The Morgan fingerprint density at radius 3 is 2.52 bits per heavy atom. The maximum Gasteiger partial charge on any atom is 0.191 e. The predicted molar refractivity (Wildman–Crippen MR) is 141 cm³/mol. The Balaban J connectivity index is 0.00000480. The molecule has 1 aliphatic rings. The van der Waals surface area contributed by atoms with Gasteiger partial charge in [-0.15, -0.1) is 24.0 Å². The maximum absolute atomic E-state index is 5.85. The van der Waals surface area contributed by atoms with Gasteiger partial charge in [0.2, 0.25) is 0 Å². The van der Waals surface area contributed by atoms with Crippen LogP contribution >= 0.6 is 24.0 Å². The standard InChI is InChI=1S/C24H42N4O2.HI/c1-4-28(5-2)23(18-21-10-7-6-8-11-21)19-27-24(25-3)26-14-9-15-30-20-22-12-16-29-17-13-22;/h6-8,10-11,22-23H,4-5,9,12-20H2,1-3H3,(H2,25,26,27);1H. The van der Waals surface area contributed by atoms with E-state index in [1.807, 2.05) is 7.05 Å². The van der Waals surface area contributed by atoms with Crippen molar-refractivity contribution >= 4 is 29.9 Å². The van der Waals surface area contributed by atoms with Gasteiger partial charge >= 0.3 is 0 Å². The lowest BCUT2D eigenvalue weighted by atomic mass is 10.0. The molecule has 0 saturated carbocycles. The van der Waals surface area contributed by atoms with Gasteiger partial charge in [0.05, 0.1) is 0 Å². The van der Waals surface area contributed by atoms with Crippen molar-refractivity contribution in [2.24, 2.45) is 10.9 Å². The fourth-order valence-electron chi connectivity index (χ4n) is 3.94. The predicted octanol–water partition coefficient (Wildman–Crippen LogP) is 3.56. The summed E-state index contributed by atoms with van der Waals surface area (Å²) >= 11 is 0. The lowest BCUT2D eigenvalue weighted by Crippen LogP contribution is -2.48. The van der Waals surface area contributed by atoms with E-state index in [0.29, 0.717) is 12.0 Å². The van der Waals surface area contributed by atoms with E-state index in [-0.39, 0.29) is 24.0 Å². The minimum absolute atomic E-state index is 0. The van der Waals surface area contributed by atoms with Crippen molar-refractivity contribution in [3.8, 4) is 0 Å².